The maximum atomic E-state index is 12.8. The van der Waals surface area contributed by atoms with Gasteiger partial charge in [0.2, 0.25) is 0 Å². The fourth-order valence-corrected chi connectivity index (χ4v) is 2.98. The van der Waals surface area contributed by atoms with Crippen molar-refractivity contribution in [2.45, 2.75) is 6.42 Å². The lowest BCUT2D eigenvalue weighted by atomic mass is 10.2. The summed E-state index contributed by atoms with van der Waals surface area (Å²) in [5.41, 5.74) is 6.92. The molecular weight excluding hydrogens is 303 g/mol. The van der Waals surface area contributed by atoms with Crippen molar-refractivity contribution in [1.82, 2.24) is 0 Å². The highest BCUT2D eigenvalue weighted by molar-refractivity contribution is 9.11. The normalized spacial score (nSPS) is 10.5. The summed E-state index contributed by atoms with van der Waals surface area (Å²) >= 11 is 5.14. The van der Waals surface area contributed by atoms with Crippen molar-refractivity contribution in [3.63, 3.8) is 0 Å². The van der Waals surface area contributed by atoms with Crippen LogP contribution in [0.25, 0.3) is 0 Å². The van der Waals surface area contributed by atoms with Crippen molar-refractivity contribution in [2.24, 2.45) is 0 Å². The van der Waals surface area contributed by atoms with Crippen LogP contribution >= 0.6 is 27.3 Å². The Bertz CT molecular complexity index is 513. The van der Waals surface area contributed by atoms with Crippen LogP contribution in [0.15, 0.2) is 34.1 Å². The molecule has 0 unspecified atom stereocenters. The lowest BCUT2D eigenvalue weighted by Gasteiger charge is -2.08. The molecule has 2 aromatic rings. The molecule has 0 saturated heterocycles. The maximum absolute atomic E-state index is 12.8. The number of rotatable bonds is 4. The van der Waals surface area contributed by atoms with Gasteiger partial charge in [0.1, 0.15) is 5.82 Å². The standard InChI is InChI=1S/C12H12BrFN2S/c13-12-4-2-9(17-12)5-6-16-11-3-1-8(14)7-10(11)15/h1-4,7,16H,5-6,15H2. The van der Waals surface area contributed by atoms with Crippen LogP contribution in [0, 0.1) is 5.82 Å². The average molecular weight is 315 g/mol. The number of hydrogen-bond donors (Lipinski definition) is 2. The van der Waals surface area contributed by atoms with Crippen molar-refractivity contribution >= 4 is 38.6 Å². The van der Waals surface area contributed by atoms with Crippen LogP contribution in [-0.4, -0.2) is 6.54 Å². The zero-order valence-corrected chi connectivity index (χ0v) is 11.4. The fraction of sp³-hybridized carbons (Fsp3) is 0.167. The van der Waals surface area contributed by atoms with E-state index in [1.54, 1.807) is 17.4 Å². The van der Waals surface area contributed by atoms with Crippen molar-refractivity contribution in [2.75, 3.05) is 17.6 Å². The first-order valence-corrected chi connectivity index (χ1v) is 6.79. The number of hydrogen-bond acceptors (Lipinski definition) is 3. The van der Waals surface area contributed by atoms with Crippen LogP contribution in [-0.2, 0) is 6.42 Å². The summed E-state index contributed by atoms with van der Waals surface area (Å²) in [6.07, 6.45) is 0.924. The molecule has 17 heavy (non-hydrogen) atoms. The zero-order valence-electron chi connectivity index (χ0n) is 9.04. The number of thiophene rings is 1. The number of halogens is 2. The maximum Gasteiger partial charge on any atom is 0.125 e. The van der Waals surface area contributed by atoms with Crippen LogP contribution in [0.2, 0.25) is 0 Å². The van der Waals surface area contributed by atoms with Gasteiger partial charge in [0.25, 0.3) is 0 Å². The van der Waals surface area contributed by atoms with E-state index in [1.807, 2.05) is 6.07 Å². The average Bonchev–Trinajstić information content (AvgIpc) is 2.68. The Kier molecular flexibility index (Phi) is 4.02. The van der Waals surface area contributed by atoms with Gasteiger partial charge in [0.05, 0.1) is 15.2 Å². The Hall–Kier alpha value is -1.07. The van der Waals surface area contributed by atoms with Gasteiger partial charge in [0, 0.05) is 11.4 Å². The van der Waals surface area contributed by atoms with Gasteiger partial charge < -0.3 is 11.1 Å². The third-order valence-electron chi connectivity index (χ3n) is 2.33. The van der Waals surface area contributed by atoms with Crippen LogP contribution in [0.1, 0.15) is 4.88 Å². The Morgan fingerprint density at radius 1 is 1.29 bits per heavy atom. The lowest BCUT2D eigenvalue weighted by Crippen LogP contribution is -2.06. The molecule has 0 spiro atoms. The Morgan fingerprint density at radius 2 is 2.12 bits per heavy atom. The van der Waals surface area contributed by atoms with Gasteiger partial charge in [-0.2, -0.15) is 0 Å². The Labute approximate surface area is 112 Å². The van der Waals surface area contributed by atoms with E-state index in [2.05, 4.69) is 27.3 Å². The molecule has 0 saturated carbocycles. The van der Waals surface area contributed by atoms with Gasteiger partial charge in [0.15, 0.2) is 0 Å². The molecule has 90 valence electrons. The smallest absolute Gasteiger partial charge is 0.125 e. The molecular formula is C12H12BrFN2S. The van der Waals surface area contributed by atoms with E-state index in [4.69, 9.17) is 5.73 Å². The highest BCUT2D eigenvalue weighted by Crippen LogP contribution is 2.23. The lowest BCUT2D eigenvalue weighted by molar-refractivity contribution is 0.628. The molecule has 0 aliphatic carbocycles. The molecule has 0 amide bonds. The second-order valence-corrected chi connectivity index (χ2v) is 6.16. The number of nitrogen functional groups attached to an aromatic ring is 1. The van der Waals surface area contributed by atoms with E-state index in [0.29, 0.717) is 5.69 Å². The first kappa shape index (κ1) is 12.4. The summed E-state index contributed by atoms with van der Waals surface area (Å²) in [4.78, 5) is 1.30. The topological polar surface area (TPSA) is 38.0 Å². The minimum Gasteiger partial charge on any atom is -0.397 e. The summed E-state index contributed by atoms with van der Waals surface area (Å²) < 4.78 is 14.0. The zero-order chi connectivity index (χ0) is 12.3. The summed E-state index contributed by atoms with van der Waals surface area (Å²) in [5, 5.41) is 3.20. The van der Waals surface area contributed by atoms with Gasteiger partial charge in [-0.3, -0.25) is 0 Å². The van der Waals surface area contributed by atoms with Gasteiger partial charge in [-0.15, -0.1) is 11.3 Å². The van der Waals surface area contributed by atoms with E-state index >= 15 is 0 Å². The molecule has 0 fully saturated rings. The predicted octanol–water partition coefficient (Wildman–Crippen LogP) is 3.89. The molecule has 0 bridgehead atoms. The molecule has 3 N–H and O–H groups in total. The molecule has 5 heteroatoms. The Morgan fingerprint density at radius 3 is 2.76 bits per heavy atom. The number of anilines is 2. The van der Waals surface area contributed by atoms with E-state index in [0.717, 1.165) is 22.4 Å². The van der Waals surface area contributed by atoms with Crippen molar-refractivity contribution < 1.29 is 4.39 Å². The van der Waals surface area contributed by atoms with Crippen LogP contribution in [0.3, 0.4) is 0 Å². The highest BCUT2D eigenvalue weighted by atomic mass is 79.9. The monoisotopic (exact) mass is 314 g/mol. The minimum atomic E-state index is -0.310. The van der Waals surface area contributed by atoms with Crippen molar-refractivity contribution in [1.29, 1.82) is 0 Å². The number of nitrogens with two attached hydrogens (primary N) is 1. The third-order valence-corrected chi connectivity index (χ3v) is 4.01. The van der Waals surface area contributed by atoms with Gasteiger partial charge in [-0.1, -0.05) is 0 Å². The van der Waals surface area contributed by atoms with Crippen molar-refractivity contribution in [3.05, 3.63) is 44.8 Å². The van der Waals surface area contributed by atoms with Crippen LogP contribution in [0.5, 0.6) is 0 Å². The summed E-state index contributed by atoms with van der Waals surface area (Å²) in [5.74, 6) is -0.310. The van der Waals surface area contributed by atoms with Crippen LogP contribution in [0.4, 0.5) is 15.8 Å². The van der Waals surface area contributed by atoms with Crippen LogP contribution < -0.4 is 11.1 Å². The fourth-order valence-electron chi connectivity index (χ4n) is 1.50. The van der Waals surface area contributed by atoms with Crippen molar-refractivity contribution in [3.8, 4) is 0 Å². The van der Waals surface area contributed by atoms with E-state index in [-0.39, 0.29) is 5.82 Å². The van der Waals surface area contributed by atoms with E-state index < -0.39 is 0 Å². The molecule has 1 heterocycles. The molecule has 0 aliphatic heterocycles. The van der Waals surface area contributed by atoms with E-state index in [1.165, 1.54) is 17.0 Å². The first-order chi connectivity index (χ1) is 8.15. The highest BCUT2D eigenvalue weighted by Gasteiger charge is 2.01. The molecule has 0 aliphatic rings. The molecule has 0 radical (unpaired) electrons. The molecule has 1 aromatic carbocycles. The Balaban J connectivity index is 1.90. The summed E-state index contributed by atoms with van der Waals surface area (Å²) in [6.45, 7) is 0.781. The third kappa shape index (κ3) is 3.44. The molecule has 1 aromatic heterocycles. The number of nitrogens with one attached hydrogen (secondary N) is 1. The SMILES string of the molecule is Nc1cc(F)ccc1NCCc1ccc(Br)s1. The largest absolute Gasteiger partial charge is 0.397 e. The first-order valence-electron chi connectivity index (χ1n) is 5.18. The molecule has 2 rings (SSSR count). The predicted molar refractivity (Wildman–Crippen MR) is 75.0 cm³/mol. The number of benzene rings is 1. The quantitative estimate of drug-likeness (QED) is 0.840. The minimum absolute atomic E-state index is 0.310. The molecule has 0 atom stereocenters. The van der Waals surface area contributed by atoms with Gasteiger partial charge >= 0.3 is 0 Å². The molecule has 2 nitrogen and oxygen atoms in total. The second-order valence-electron chi connectivity index (χ2n) is 3.61. The summed E-state index contributed by atoms with van der Waals surface area (Å²) in [6, 6.07) is 8.51. The second kappa shape index (κ2) is 5.51. The van der Waals surface area contributed by atoms with E-state index in [9.17, 15) is 4.39 Å². The van der Waals surface area contributed by atoms with Gasteiger partial charge in [-0.25, -0.2) is 4.39 Å². The summed E-state index contributed by atoms with van der Waals surface area (Å²) in [7, 11) is 0. The van der Waals surface area contributed by atoms with Gasteiger partial charge in [-0.05, 0) is 52.7 Å².